The molecule has 67 heavy (non-hydrogen) atoms. The normalized spacial score (nSPS) is 12.5. The van der Waals surface area contributed by atoms with Crippen LogP contribution in [0.3, 0.4) is 0 Å². The highest BCUT2D eigenvalue weighted by molar-refractivity contribution is 5.92. The average molecular weight is 938 g/mol. The Labute approximate surface area is 400 Å². The summed E-state index contributed by atoms with van der Waals surface area (Å²) in [5, 5.41) is 13.5. The molecule has 5 N–H and O–H groups in total. The van der Waals surface area contributed by atoms with Gasteiger partial charge in [0, 0.05) is 52.0 Å². The van der Waals surface area contributed by atoms with E-state index in [1.54, 1.807) is 14.0 Å². The Hall–Kier alpha value is -5.24. The lowest BCUT2D eigenvalue weighted by molar-refractivity contribution is -0.152. The van der Waals surface area contributed by atoms with Crippen LogP contribution in [0.4, 0.5) is 0 Å². The molecule has 0 unspecified atom stereocenters. The average Bonchev–Trinajstić information content (AvgIpc) is 3.31. The molecule has 0 heterocycles. The van der Waals surface area contributed by atoms with E-state index in [1.165, 1.54) is 0 Å². The number of hydrogen-bond acceptors (Lipinski definition) is 11. The summed E-state index contributed by atoms with van der Waals surface area (Å²) in [5.41, 5.74) is 7.77. The number of unbranched alkanes of at least 4 members (excludes halogenated alkanes) is 4. The van der Waals surface area contributed by atoms with Crippen molar-refractivity contribution >= 4 is 47.1 Å². The van der Waals surface area contributed by atoms with E-state index in [0.29, 0.717) is 38.5 Å². The van der Waals surface area contributed by atoms with Crippen molar-refractivity contribution in [1.29, 1.82) is 0 Å². The van der Waals surface area contributed by atoms with Gasteiger partial charge in [0.05, 0.1) is 23.9 Å². The number of carbonyl (C=O) groups excluding carboxylic acids is 7. The number of benzene rings is 2. The number of nitrogens with two attached hydrogens (primary N) is 1. The van der Waals surface area contributed by atoms with E-state index in [-0.39, 0.29) is 98.3 Å². The van der Waals surface area contributed by atoms with Crippen molar-refractivity contribution in [3.63, 3.8) is 0 Å². The Morgan fingerprint density at radius 3 is 1.43 bits per heavy atom. The maximum Gasteiger partial charge on any atom is 0.309 e. The number of Topliss-reactive ketones (excluding diaryl/α,β-unsaturated/α-hetero) is 3. The molecule has 0 aliphatic heterocycles. The van der Waals surface area contributed by atoms with Gasteiger partial charge in [-0.25, -0.2) is 0 Å². The minimum absolute atomic E-state index is 0.0404. The molecule has 0 saturated carbocycles. The van der Waals surface area contributed by atoms with Crippen molar-refractivity contribution in [1.82, 2.24) is 10.6 Å². The van der Waals surface area contributed by atoms with Gasteiger partial charge in [-0.1, -0.05) is 148 Å². The monoisotopic (exact) mass is 938 g/mol. The highest BCUT2D eigenvalue weighted by Gasteiger charge is 2.30. The molecule has 0 fully saturated rings. The predicted molar refractivity (Wildman–Crippen MR) is 261 cm³/mol. The van der Waals surface area contributed by atoms with Gasteiger partial charge in [-0.15, -0.1) is 0 Å². The van der Waals surface area contributed by atoms with Gasteiger partial charge in [0.15, 0.2) is 11.6 Å². The first-order chi connectivity index (χ1) is 31.9. The third-order valence-electron chi connectivity index (χ3n) is 11.1. The van der Waals surface area contributed by atoms with Gasteiger partial charge in [-0.3, -0.25) is 38.4 Å². The number of rotatable bonds is 32. The van der Waals surface area contributed by atoms with Crippen molar-refractivity contribution in [2.75, 3.05) is 7.05 Å². The number of ether oxygens (including phenoxy) is 2. The maximum atomic E-state index is 13.1. The van der Waals surface area contributed by atoms with Crippen molar-refractivity contribution in [3.05, 3.63) is 71.8 Å². The number of nitrogens with one attached hydrogen (secondary N) is 2. The molecule has 0 spiro atoms. The SMILES string of the molecule is CCC(=O)CCCC(=O)O.CCCCC[C@H](CC(=O)[C@@H](N)C(C)C)C(=O)OCc1ccccc1.CCCCC[C@H](CC(=O)[C@@H](NC(=O)CCCC(=O)NC)C(C)C)C(=O)OCc1ccccc1. The summed E-state index contributed by atoms with van der Waals surface area (Å²) in [6.45, 7) is 14.0. The quantitative estimate of drug-likeness (QED) is 0.0398. The summed E-state index contributed by atoms with van der Waals surface area (Å²) in [4.78, 5) is 94.8. The van der Waals surface area contributed by atoms with Crippen LogP contribution in [0, 0.1) is 23.7 Å². The zero-order valence-corrected chi connectivity index (χ0v) is 41.8. The maximum absolute atomic E-state index is 13.1. The van der Waals surface area contributed by atoms with Gasteiger partial charge in [0.2, 0.25) is 11.8 Å². The molecule has 14 heteroatoms. The second-order valence-electron chi connectivity index (χ2n) is 17.6. The molecule has 0 saturated heterocycles. The molecule has 4 atom stereocenters. The van der Waals surface area contributed by atoms with Gasteiger partial charge >= 0.3 is 17.9 Å². The van der Waals surface area contributed by atoms with Crippen LogP contribution in [0.1, 0.15) is 169 Å². The molecular formula is C53H83N3O11. The van der Waals surface area contributed by atoms with Crippen molar-refractivity contribution in [2.45, 2.75) is 183 Å². The smallest absolute Gasteiger partial charge is 0.309 e. The van der Waals surface area contributed by atoms with E-state index in [1.807, 2.05) is 88.4 Å². The lowest BCUT2D eigenvalue weighted by Gasteiger charge is -2.23. The van der Waals surface area contributed by atoms with Crippen LogP contribution in [-0.2, 0) is 61.0 Å². The molecular weight excluding hydrogens is 855 g/mol. The van der Waals surface area contributed by atoms with Gasteiger partial charge in [0.25, 0.3) is 0 Å². The van der Waals surface area contributed by atoms with E-state index in [9.17, 15) is 38.4 Å². The van der Waals surface area contributed by atoms with Crippen LogP contribution < -0.4 is 16.4 Å². The minimum atomic E-state index is -0.830. The molecule has 0 bridgehead atoms. The lowest BCUT2D eigenvalue weighted by atomic mass is 9.89. The zero-order valence-electron chi connectivity index (χ0n) is 41.8. The summed E-state index contributed by atoms with van der Waals surface area (Å²) in [7, 11) is 1.55. The third kappa shape index (κ3) is 30.6. The van der Waals surface area contributed by atoms with Crippen LogP contribution in [-0.4, -0.2) is 71.3 Å². The number of amides is 2. The summed E-state index contributed by atoms with van der Waals surface area (Å²) in [6, 6.07) is 17.8. The van der Waals surface area contributed by atoms with E-state index in [4.69, 9.17) is 20.3 Å². The highest BCUT2D eigenvalue weighted by Crippen LogP contribution is 2.21. The Morgan fingerprint density at radius 2 is 1.03 bits per heavy atom. The molecule has 14 nitrogen and oxygen atoms in total. The highest BCUT2D eigenvalue weighted by atomic mass is 16.5. The van der Waals surface area contributed by atoms with Crippen LogP contribution >= 0.6 is 0 Å². The molecule has 376 valence electrons. The topological polar surface area (TPSA) is 225 Å². The van der Waals surface area contributed by atoms with Gasteiger partial charge in [-0.2, -0.15) is 0 Å². The number of carboxylic acid groups (broad SMARTS) is 1. The van der Waals surface area contributed by atoms with Crippen molar-refractivity contribution < 1.29 is 52.9 Å². The van der Waals surface area contributed by atoms with Crippen LogP contribution in [0.15, 0.2) is 60.7 Å². The minimum Gasteiger partial charge on any atom is -0.481 e. The van der Waals surface area contributed by atoms with Gasteiger partial charge in [-0.05, 0) is 48.6 Å². The largest absolute Gasteiger partial charge is 0.481 e. The summed E-state index contributed by atoms with van der Waals surface area (Å²) >= 11 is 0. The fraction of sp³-hybridized carbons (Fsp3) is 0.623. The number of ketones is 3. The number of esters is 2. The van der Waals surface area contributed by atoms with Crippen molar-refractivity contribution in [3.8, 4) is 0 Å². The van der Waals surface area contributed by atoms with Gasteiger partial charge < -0.3 is 30.9 Å². The Balaban J connectivity index is 0.00000111. The van der Waals surface area contributed by atoms with E-state index < -0.39 is 29.9 Å². The molecule has 0 radical (unpaired) electrons. The van der Waals surface area contributed by atoms with Crippen LogP contribution in [0.5, 0.6) is 0 Å². The predicted octanol–water partition coefficient (Wildman–Crippen LogP) is 9.03. The number of aliphatic carboxylic acids is 1. The molecule has 2 amide bonds. The first kappa shape index (κ1) is 61.8. The molecule has 2 aromatic rings. The summed E-state index contributed by atoms with van der Waals surface area (Å²) in [6.07, 6.45) is 9.70. The second kappa shape index (κ2) is 37.8. The van der Waals surface area contributed by atoms with Crippen LogP contribution in [0.25, 0.3) is 0 Å². The molecule has 0 aromatic heterocycles. The molecule has 2 aromatic carbocycles. The van der Waals surface area contributed by atoms with Crippen molar-refractivity contribution in [2.24, 2.45) is 29.4 Å². The standard InChI is InChI=1S/C26H40N2O5.C20H31NO3.C7H12O3/c1-5-6-8-14-21(26(32)33-18-20-12-9-7-10-13-20)17-22(29)25(19(2)3)28-24(31)16-11-15-23(30)27-4;1-4-5-7-12-17(13-18(22)19(21)15(2)3)20(23)24-14-16-10-8-6-9-11-16;1-2-6(8)4-3-5-7(9)10/h7,9-10,12-13,19,21,25H,5-6,8,11,14-18H2,1-4H3,(H,27,30)(H,28,31);6,8-11,15,17,19H,4-5,7,12-14,21H2,1-3H3;2-5H2,1H3,(H,9,10)/t21-,25+;17-,19+;/m11./s1. The fourth-order valence-electron chi connectivity index (χ4n) is 6.71. The summed E-state index contributed by atoms with van der Waals surface area (Å²) < 4.78 is 10.9. The van der Waals surface area contributed by atoms with E-state index in [0.717, 1.165) is 49.7 Å². The fourth-order valence-corrected chi connectivity index (χ4v) is 6.71. The van der Waals surface area contributed by atoms with E-state index in [2.05, 4.69) is 24.5 Å². The number of hydrogen-bond donors (Lipinski definition) is 4. The molecule has 2 rings (SSSR count). The first-order valence-corrected chi connectivity index (χ1v) is 24.4. The Morgan fingerprint density at radius 1 is 0.582 bits per heavy atom. The molecule has 0 aliphatic rings. The Bertz CT molecular complexity index is 1730. The zero-order chi connectivity index (χ0) is 50.6. The van der Waals surface area contributed by atoms with E-state index >= 15 is 0 Å². The second-order valence-corrected chi connectivity index (χ2v) is 17.6. The number of carboxylic acids is 1. The third-order valence-corrected chi connectivity index (χ3v) is 11.1. The summed E-state index contributed by atoms with van der Waals surface area (Å²) in [5.74, 6) is -2.91. The molecule has 0 aliphatic carbocycles. The van der Waals surface area contributed by atoms with Crippen LogP contribution in [0.2, 0.25) is 0 Å². The van der Waals surface area contributed by atoms with Gasteiger partial charge in [0.1, 0.15) is 19.0 Å². The Kier molecular flexibility index (Phi) is 34.8. The lowest BCUT2D eigenvalue weighted by Crippen LogP contribution is -2.45. The first-order valence-electron chi connectivity index (χ1n) is 24.4. The number of carbonyl (C=O) groups is 8.